The number of nitrogens with zero attached hydrogens (tertiary/aromatic N) is 9. The molecule has 0 spiro atoms. The Morgan fingerprint density at radius 3 is 1.67 bits per heavy atom. The quantitative estimate of drug-likeness (QED) is 0.0679. The molecular formula is C45H52BrN13O4S. The van der Waals surface area contributed by atoms with Gasteiger partial charge in [0, 0.05) is 54.5 Å². The van der Waals surface area contributed by atoms with Crippen LogP contribution in [-0.4, -0.2) is 102 Å². The van der Waals surface area contributed by atoms with Crippen molar-refractivity contribution in [3.05, 3.63) is 94.1 Å². The molecule has 9 rings (SSSR count). The molecule has 0 aliphatic heterocycles. The number of carbonyl (C=O) groups is 2. The molecule has 0 radical (unpaired) electrons. The van der Waals surface area contributed by atoms with E-state index in [4.69, 9.17) is 5.10 Å². The largest absolute Gasteiger partial charge is 0.389 e. The summed E-state index contributed by atoms with van der Waals surface area (Å²) in [7, 11) is 1.88. The molecule has 2 aromatic carbocycles. The summed E-state index contributed by atoms with van der Waals surface area (Å²) in [5.74, 6) is -0.0537. The van der Waals surface area contributed by atoms with Gasteiger partial charge in [-0.15, -0.1) is 10.2 Å². The number of aliphatic hydroxyl groups is 2. The van der Waals surface area contributed by atoms with Gasteiger partial charge in [-0.1, -0.05) is 12.1 Å². The van der Waals surface area contributed by atoms with E-state index in [-0.39, 0.29) is 11.8 Å². The van der Waals surface area contributed by atoms with Gasteiger partial charge in [0.15, 0.2) is 16.5 Å². The first-order chi connectivity index (χ1) is 30.4. The van der Waals surface area contributed by atoms with Gasteiger partial charge in [-0.3, -0.25) is 9.59 Å². The van der Waals surface area contributed by atoms with Gasteiger partial charge >= 0.3 is 0 Å². The Morgan fingerprint density at radius 1 is 0.750 bits per heavy atom. The van der Waals surface area contributed by atoms with E-state index >= 15 is 0 Å². The number of aryl methyl sites for hydroxylation is 3. The number of anilines is 2. The molecule has 2 fully saturated rings. The maximum absolute atomic E-state index is 12.6. The number of fused-ring (bicyclic) bond motifs is 2. The summed E-state index contributed by atoms with van der Waals surface area (Å²) in [4.78, 5) is 34.1. The van der Waals surface area contributed by atoms with Crippen molar-refractivity contribution in [2.45, 2.75) is 101 Å². The van der Waals surface area contributed by atoms with E-state index in [9.17, 15) is 19.8 Å². The van der Waals surface area contributed by atoms with Crippen molar-refractivity contribution < 1.29 is 19.8 Å². The Hall–Kier alpha value is -5.89. The van der Waals surface area contributed by atoms with Gasteiger partial charge < -0.3 is 36.0 Å². The highest BCUT2D eigenvalue weighted by Gasteiger charge is 2.26. The van der Waals surface area contributed by atoms with Crippen LogP contribution in [0.3, 0.4) is 0 Å². The Balaban J connectivity index is 0.000000178. The Bertz CT molecular complexity index is 2870. The fourth-order valence-electron chi connectivity index (χ4n) is 6.81. The van der Waals surface area contributed by atoms with Crippen LogP contribution in [0.15, 0.2) is 82.0 Å². The summed E-state index contributed by atoms with van der Waals surface area (Å²) >= 11 is 4.84. The minimum Gasteiger partial charge on any atom is -0.389 e. The third kappa shape index (κ3) is 10.7. The van der Waals surface area contributed by atoms with Crippen molar-refractivity contribution in [2.24, 2.45) is 7.05 Å². The van der Waals surface area contributed by atoms with E-state index in [2.05, 4.69) is 62.5 Å². The first-order valence-corrected chi connectivity index (χ1v) is 22.7. The molecule has 64 heavy (non-hydrogen) atoms. The zero-order chi connectivity index (χ0) is 45.5. The summed E-state index contributed by atoms with van der Waals surface area (Å²) in [6.07, 6.45) is 9.41. The molecule has 6 N–H and O–H groups in total. The first-order valence-electron chi connectivity index (χ1n) is 21.1. The molecule has 5 aromatic heterocycles. The lowest BCUT2D eigenvalue weighted by Gasteiger charge is -2.19. The minimum atomic E-state index is -0.902. The van der Waals surface area contributed by atoms with Crippen molar-refractivity contribution in [2.75, 3.05) is 23.7 Å². The average Bonchev–Trinajstić information content (AvgIpc) is 4.09. The molecule has 2 amide bonds. The van der Waals surface area contributed by atoms with Crippen LogP contribution in [0.2, 0.25) is 0 Å². The summed E-state index contributed by atoms with van der Waals surface area (Å²) in [5.41, 5.74) is 7.69. The molecule has 7 aromatic rings. The Labute approximate surface area is 383 Å². The van der Waals surface area contributed by atoms with Crippen LogP contribution in [-0.2, 0) is 7.05 Å². The molecule has 0 unspecified atom stereocenters. The molecule has 0 bridgehead atoms. The number of carbonyl (C=O) groups excluding carboxylic acids is 2. The normalized spacial score (nSPS) is 14.0. The molecular weight excluding hydrogens is 899 g/mol. The summed E-state index contributed by atoms with van der Waals surface area (Å²) in [5, 5.41) is 51.7. The molecule has 2 saturated carbocycles. The lowest BCUT2D eigenvalue weighted by atomic mass is 10.0. The molecule has 2 aliphatic carbocycles. The summed E-state index contributed by atoms with van der Waals surface area (Å²) in [6.45, 7) is 11.6. The zero-order valence-corrected chi connectivity index (χ0v) is 39.2. The van der Waals surface area contributed by atoms with Crippen molar-refractivity contribution in [3.8, 4) is 22.5 Å². The van der Waals surface area contributed by atoms with Gasteiger partial charge in [-0.05, 0) is 142 Å². The van der Waals surface area contributed by atoms with Gasteiger partial charge in [0.1, 0.15) is 16.0 Å². The number of imidazole rings is 2. The fraction of sp³-hybridized carbons (Fsp3) is 0.378. The minimum absolute atomic E-state index is 0.0198. The lowest BCUT2D eigenvalue weighted by Crippen LogP contribution is -2.29. The second kappa shape index (κ2) is 17.9. The van der Waals surface area contributed by atoms with Crippen LogP contribution in [0.25, 0.3) is 33.8 Å². The smallest absolute Gasteiger partial charge is 0.251 e. The van der Waals surface area contributed by atoms with E-state index in [1.54, 1.807) is 55.4 Å². The SMILES string of the molecule is Cc1cc(-c2cnc3c(NCC(C)(C)O)cc(Br)nn23)ccc1C(=O)NC1CC1.Cc1cc(-c2cnc3c(NCC(C)(C)O)cc(Sc4nncn4C)nn23)ccc1C(=O)NC1CC1. The van der Waals surface area contributed by atoms with Crippen LogP contribution >= 0.6 is 27.7 Å². The Morgan fingerprint density at radius 2 is 1.23 bits per heavy atom. The van der Waals surface area contributed by atoms with Crippen LogP contribution in [0, 0.1) is 13.8 Å². The molecule has 334 valence electrons. The summed E-state index contributed by atoms with van der Waals surface area (Å²) in [6, 6.07) is 15.9. The van der Waals surface area contributed by atoms with Gasteiger partial charge in [0.25, 0.3) is 11.8 Å². The number of benzene rings is 2. The number of hydrogen-bond donors (Lipinski definition) is 6. The van der Waals surface area contributed by atoms with E-state index in [0.29, 0.717) is 62.4 Å². The van der Waals surface area contributed by atoms with E-state index < -0.39 is 11.2 Å². The van der Waals surface area contributed by atoms with Gasteiger partial charge in [0.05, 0.1) is 46.4 Å². The third-order valence-electron chi connectivity index (χ3n) is 10.5. The first kappa shape index (κ1) is 44.7. The molecule has 19 heteroatoms. The fourth-order valence-corrected chi connectivity index (χ4v) is 7.96. The van der Waals surface area contributed by atoms with Crippen molar-refractivity contribution in [3.63, 3.8) is 0 Å². The molecule has 2 aliphatic rings. The number of halogens is 1. The van der Waals surface area contributed by atoms with E-state index in [1.807, 2.05) is 74.0 Å². The number of amides is 2. The number of rotatable bonds is 14. The van der Waals surface area contributed by atoms with Crippen molar-refractivity contribution in [1.82, 2.24) is 54.6 Å². The van der Waals surface area contributed by atoms with Gasteiger partial charge in [-0.25, -0.2) is 19.0 Å². The maximum Gasteiger partial charge on any atom is 0.251 e. The highest BCUT2D eigenvalue weighted by molar-refractivity contribution is 9.10. The number of aromatic nitrogens is 9. The van der Waals surface area contributed by atoms with Gasteiger partial charge in [0.2, 0.25) is 0 Å². The van der Waals surface area contributed by atoms with Crippen LogP contribution in [0.4, 0.5) is 11.4 Å². The lowest BCUT2D eigenvalue weighted by molar-refractivity contribution is 0.0939. The second-order valence-electron chi connectivity index (χ2n) is 17.7. The highest BCUT2D eigenvalue weighted by atomic mass is 79.9. The van der Waals surface area contributed by atoms with Crippen molar-refractivity contribution >= 4 is 62.2 Å². The van der Waals surface area contributed by atoms with E-state index in [0.717, 1.165) is 70.7 Å². The summed E-state index contributed by atoms with van der Waals surface area (Å²) < 4.78 is 6.02. The number of hydrogen-bond acceptors (Lipinski definition) is 13. The third-order valence-corrected chi connectivity index (χ3v) is 11.9. The molecule has 0 saturated heterocycles. The van der Waals surface area contributed by atoms with E-state index in [1.165, 1.54) is 11.8 Å². The van der Waals surface area contributed by atoms with Gasteiger partial charge in [-0.2, -0.15) is 10.2 Å². The predicted octanol–water partition coefficient (Wildman–Crippen LogP) is 6.60. The molecule has 5 heterocycles. The standard InChI is InChI=1S/C24H28N8O2S.C21H24BrN5O2/c1-14-9-15(5-8-17(14)22(33)28-16-6-7-16)19-11-25-21-18(26-12-24(2,3)34)10-20(30-32(19)21)35-23-29-27-13-31(23)4;1-12-8-13(4-7-15(12)20(28)25-14-5-6-14)17-10-23-19-16(24-11-21(2,3)29)9-18(22)26-27(17)19/h5,8-11,13,16,26,34H,6-7,12H2,1-4H3,(H,28,33);4,7-10,14,24,29H,5-6,11H2,1-3H3,(H,25,28). The topological polar surface area (TPSA) is 214 Å². The maximum atomic E-state index is 12.6. The van der Waals surface area contributed by atoms with Crippen LogP contribution < -0.4 is 21.3 Å². The number of nitrogens with one attached hydrogen (secondary N) is 4. The van der Waals surface area contributed by atoms with Crippen LogP contribution in [0.1, 0.15) is 85.2 Å². The average molecular weight is 951 g/mol. The predicted molar refractivity (Wildman–Crippen MR) is 250 cm³/mol. The molecule has 0 atom stereocenters. The van der Waals surface area contributed by atoms with Crippen molar-refractivity contribution in [1.29, 1.82) is 0 Å². The monoisotopic (exact) mass is 949 g/mol. The molecule has 17 nitrogen and oxygen atoms in total. The Kier molecular flexibility index (Phi) is 12.5. The highest BCUT2D eigenvalue weighted by Crippen LogP contribution is 2.32. The second-order valence-corrected chi connectivity index (χ2v) is 19.5. The van der Waals surface area contributed by atoms with Crippen LogP contribution in [0.5, 0.6) is 0 Å². The zero-order valence-electron chi connectivity index (χ0n) is 36.8.